The molecular formula is C26H35BN4O4. The molecule has 1 amide bonds. The Morgan fingerprint density at radius 1 is 1.14 bits per heavy atom. The lowest BCUT2D eigenvalue weighted by Crippen LogP contribution is -2.44. The average Bonchev–Trinajstić information content (AvgIpc) is 3.43. The van der Waals surface area contributed by atoms with E-state index in [0.717, 1.165) is 22.4 Å². The fourth-order valence-corrected chi connectivity index (χ4v) is 4.32. The molecular weight excluding hydrogens is 443 g/mol. The molecule has 3 heterocycles. The van der Waals surface area contributed by atoms with Gasteiger partial charge in [-0.3, -0.25) is 5.43 Å². The van der Waals surface area contributed by atoms with E-state index < -0.39 is 18.8 Å². The number of amides is 1. The van der Waals surface area contributed by atoms with Gasteiger partial charge in [-0.25, -0.2) is 16.4 Å². The topological polar surface area (TPSA) is 80.2 Å². The molecule has 0 radical (unpaired) electrons. The number of nitrogens with one attached hydrogen (secondary N) is 2. The number of ether oxygens (including phenoxy) is 1. The molecule has 0 saturated carbocycles. The van der Waals surface area contributed by atoms with Crippen LogP contribution in [0.1, 0.15) is 66.6 Å². The van der Waals surface area contributed by atoms with E-state index in [2.05, 4.69) is 15.3 Å². The molecule has 1 unspecified atom stereocenters. The molecule has 0 spiro atoms. The van der Waals surface area contributed by atoms with Gasteiger partial charge in [-0.1, -0.05) is 24.3 Å². The van der Waals surface area contributed by atoms with Crippen LogP contribution in [-0.2, 0) is 14.0 Å². The molecule has 1 aromatic heterocycles. The van der Waals surface area contributed by atoms with Crippen molar-refractivity contribution in [2.75, 3.05) is 6.54 Å². The molecule has 2 atom stereocenters. The van der Waals surface area contributed by atoms with Gasteiger partial charge in [0.2, 0.25) is 6.04 Å². The Morgan fingerprint density at radius 3 is 2.34 bits per heavy atom. The van der Waals surface area contributed by atoms with Gasteiger partial charge in [-0.05, 0) is 71.6 Å². The van der Waals surface area contributed by atoms with Crippen molar-refractivity contribution in [2.24, 2.45) is 0 Å². The van der Waals surface area contributed by atoms with Gasteiger partial charge >= 0.3 is 13.2 Å². The number of hydrogen-bond donors (Lipinski definition) is 2. The maximum Gasteiger partial charge on any atom is 0.494 e. The molecule has 4 rings (SSSR count). The predicted octanol–water partition coefficient (Wildman–Crippen LogP) is 4.46. The first-order valence-corrected chi connectivity index (χ1v) is 12.1. The number of carbonyl (C=O) groups is 1. The Morgan fingerprint density at radius 2 is 1.77 bits per heavy atom. The van der Waals surface area contributed by atoms with Crippen LogP contribution in [0.3, 0.4) is 0 Å². The summed E-state index contributed by atoms with van der Waals surface area (Å²) in [6, 6.07) is 11.8. The minimum Gasteiger partial charge on any atom is -0.443 e. The van der Waals surface area contributed by atoms with Crippen LogP contribution in [0.5, 0.6) is 0 Å². The zero-order valence-electron chi connectivity index (χ0n) is 21.6. The second-order valence-electron chi connectivity index (χ2n) is 11.3. The fraction of sp³-hybridized carbons (Fsp3) is 0.538. The monoisotopic (exact) mass is 478 g/mol. The Hall–Kier alpha value is -2.80. The van der Waals surface area contributed by atoms with Gasteiger partial charge in [0.15, 0.2) is 0 Å². The van der Waals surface area contributed by atoms with E-state index >= 15 is 0 Å². The van der Waals surface area contributed by atoms with Crippen LogP contribution in [0.4, 0.5) is 4.79 Å². The molecule has 2 aliphatic heterocycles. The number of H-pyrrole nitrogens is 1. The van der Waals surface area contributed by atoms with Gasteiger partial charge in [0.05, 0.1) is 23.8 Å². The Bertz CT molecular complexity index is 1100. The van der Waals surface area contributed by atoms with Gasteiger partial charge < -0.3 is 23.9 Å². The summed E-state index contributed by atoms with van der Waals surface area (Å²) >= 11 is 0. The highest BCUT2D eigenvalue weighted by atomic mass is 16.7. The summed E-state index contributed by atoms with van der Waals surface area (Å²) in [6.45, 7) is 21.6. The summed E-state index contributed by atoms with van der Waals surface area (Å²) in [4.78, 5) is 19.5. The van der Waals surface area contributed by atoms with Crippen LogP contribution in [0, 0.1) is 6.57 Å². The Balaban J connectivity index is 1.48. The summed E-state index contributed by atoms with van der Waals surface area (Å²) in [5.74, 6) is 0. The summed E-state index contributed by atoms with van der Waals surface area (Å²) in [6.07, 6.45) is 0.110. The number of nitrogens with zero attached hydrogens (tertiary/aromatic N) is 2. The molecule has 0 bridgehead atoms. The molecule has 0 aliphatic carbocycles. The molecule has 2 N–H and O–H groups in total. The molecule has 9 heteroatoms. The highest BCUT2D eigenvalue weighted by molar-refractivity contribution is 6.62. The van der Waals surface area contributed by atoms with E-state index in [-0.39, 0.29) is 23.3 Å². The number of aromatic nitrogens is 1. The molecule has 2 saturated heterocycles. The van der Waals surface area contributed by atoms with Crippen LogP contribution >= 0.6 is 0 Å². The van der Waals surface area contributed by atoms with Crippen LogP contribution in [0.25, 0.3) is 16.1 Å². The molecule has 2 aromatic rings. The van der Waals surface area contributed by atoms with Crippen molar-refractivity contribution in [3.05, 3.63) is 53.5 Å². The SMILES string of the molecule is [C-]#[N+][C@H]1CC(c2ccc(-c3ccc(B4OC(C)(C)C(C)(C)O4)cc3)[nH]2)N(NC(=O)OC(C)(C)C)C1. The first-order chi connectivity index (χ1) is 16.3. The number of carbonyl (C=O) groups excluding carboxylic acids is 1. The highest BCUT2D eigenvalue weighted by Gasteiger charge is 2.51. The first kappa shape index (κ1) is 25.3. The summed E-state index contributed by atoms with van der Waals surface area (Å²) in [5.41, 5.74) is 5.39. The van der Waals surface area contributed by atoms with Gasteiger partial charge in [-0.15, -0.1) is 0 Å². The summed E-state index contributed by atoms with van der Waals surface area (Å²) < 4.78 is 17.7. The van der Waals surface area contributed by atoms with Crippen LogP contribution in [0.15, 0.2) is 36.4 Å². The average molecular weight is 478 g/mol. The number of aromatic amines is 1. The van der Waals surface area contributed by atoms with Crippen molar-refractivity contribution in [1.82, 2.24) is 15.4 Å². The van der Waals surface area contributed by atoms with E-state index in [1.807, 2.05) is 84.9 Å². The van der Waals surface area contributed by atoms with Gasteiger partial charge in [0, 0.05) is 17.8 Å². The maximum absolute atomic E-state index is 12.4. The van der Waals surface area contributed by atoms with Crippen molar-refractivity contribution in [1.29, 1.82) is 0 Å². The largest absolute Gasteiger partial charge is 0.494 e. The lowest BCUT2D eigenvalue weighted by molar-refractivity contribution is 0.00578. The Labute approximate surface area is 208 Å². The van der Waals surface area contributed by atoms with E-state index in [1.165, 1.54) is 0 Å². The second-order valence-corrected chi connectivity index (χ2v) is 11.3. The number of hydrazine groups is 1. The van der Waals surface area contributed by atoms with Gasteiger partial charge in [0.25, 0.3) is 0 Å². The van der Waals surface area contributed by atoms with E-state index in [1.54, 1.807) is 5.01 Å². The molecule has 35 heavy (non-hydrogen) atoms. The van der Waals surface area contributed by atoms with E-state index in [9.17, 15) is 4.79 Å². The lowest BCUT2D eigenvalue weighted by atomic mass is 9.79. The fourth-order valence-electron chi connectivity index (χ4n) is 4.32. The third-order valence-corrected chi connectivity index (χ3v) is 6.91. The summed E-state index contributed by atoms with van der Waals surface area (Å²) in [7, 11) is -0.398. The van der Waals surface area contributed by atoms with Crippen molar-refractivity contribution in [2.45, 2.75) is 83.8 Å². The van der Waals surface area contributed by atoms with E-state index in [0.29, 0.717) is 13.0 Å². The molecule has 8 nitrogen and oxygen atoms in total. The van der Waals surface area contributed by atoms with Crippen molar-refractivity contribution >= 4 is 18.7 Å². The zero-order valence-corrected chi connectivity index (χ0v) is 21.6. The number of rotatable bonds is 4. The van der Waals surface area contributed by atoms with E-state index in [4.69, 9.17) is 20.6 Å². The smallest absolute Gasteiger partial charge is 0.443 e. The quantitative estimate of drug-likeness (QED) is 0.501. The zero-order chi connectivity index (χ0) is 25.6. The van der Waals surface area contributed by atoms with Gasteiger partial charge in [-0.2, -0.15) is 0 Å². The number of benzene rings is 1. The third-order valence-electron chi connectivity index (χ3n) is 6.91. The van der Waals surface area contributed by atoms with Crippen LogP contribution in [0.2, 0.25) is 0 Å². The molecule has 2 fully saturated rings. The molecule has 186 valence electrons. The van der Waals surface area contributed by atoms with Crippen molar-refractivity contribution in [3.63, 3.8) is 0 Å². The third kappa shape index (κ3) is 5.40. The van der Waals surface area contributed by atoms with Gasteiger partial charge in [0.1, 0.15) is 5.60 Å². The summed E-state index contributed by atoms with van der Waals surface area (Å²) in [5, 5.41) is 1.80. The standard InChI is InChI=1S/C26H35BN4O4/c1-24(2,3)33-23(32)30-31-16-19(28-8)15-22(31)21-14-13-20(29-21)17-9-11-18(12-10-17)27-34-25(4,5)26(6,7)35-27/h9-14,19,22,29H,15-16H2,1-7H3,(H,30,32)/t19-,22?/m0/s1. The minimum absolute atomic E-state index is 0.139. The lowest BCUT2D eigenvalue weighted by Gasteiger charge is -2.32. The Kier molecular flexibility index (Phi) is 6.52. The van der Waals surface area contributed by atoms with Crippen molar-refractivity contribution < 1.29 is 18.8 Å². The number of hydrogen-bond acceptors (Lipinski definition) is 5. The maximum atomic E-state index is 12.4. The van der Waals surface area contributed by atoms with Crippen LogP contribution in [-0.4, -0.2) is 52.6 Å². The second kappa shape index (κ2) is 9.01. The minimum atomic E-state index is -0.593. The predicted molar refractivity (Wildman–Crippen MR) is 136 cm³/mol. The highest BCUT2D eigenvalue weighted by Crippen LogP contribution is 2.37. The van der Waals surface area contributed by atoms with Crippen molar-refractivity contribution in [3.8, 4) is 11.3 Å². The normalized spacial score (nSPS) is 23.8. The molecule has 2 aliphatic rings. The van der Waals surface area contributed by atoms with Crippen LogP contribution < -0.4 is 10.9 Å². The molecule has 1 aromatic carbocycles. The first-order valence-electron chi connectivity index (χ1n) is 12.1.